The van der Waals surface area contributed by atoms with Gasteiger partial charge in [0.05, 0.1) is 0 Å². The molecule has 1 aliphatic carbocycles. The highest BCUT2D eigenvalue weighted by molar-refractivity contribution is 14.1. The summed E-state index contributed by atoms with van der Waals surface area (Å²) in [5.74, 6) is 0.348. The lowest BCUT2D eigenvalue weighted by Gasteiger charge is -2.05. The average molecular weight is 302 g/mol. The van der Waals surface area contributed by atoms with E-state index in [-0.39, 0.29) is 11.8 Å². The third-order valence-corrected chi connectivity index (χ3v) is 2.76. The van der Waals surface area contributed by atoms with Crippen LogP contribution in [0, 0.1) is 9.49 Å². The number of anilines is 2. The number of benzene rings is 1. The third-order valence-electron chi connectivity index (χ3n) is 2.14. The predicted molar refractivity (Wildman–Crippen MR) is 64.9 cm³/mol. The largest absolute Gasteiger partial charge is 0.399 e. The smallest absolute Gasteiger partial charge is 0.227 e. The number of nitrogen functional groups attached to an aromatic ring is 1. The minimum absolute atomic E-state index is 0.117. The second-order valence-electron chi connectivity index (χ2n) is 3.54. The second-order valence-corrected chi connectivity index (χ2v) is 4.78. The molecule has 0 saturated heterocycles. The van der Waals surface area contributed by atoms with Gasteiger partial charge in [-0.05, 0) is 53.6 Å². The summed E-state index contributed by atoms with van der Waals surface area (Å²) in [6.07, 6.45) is 2.04. The van der Waals surface area contributed by atoms with Gasteiger partial charge in [0.1, 0.15) is 0 Å². The molecule has 1 aromatic carbocycles. The predicted octanol–water partition coefficient (Wildman–Crippen LogP) is 2.22. The molecule has 74 valence electrons. The summed E-state index contributed by atoms with van der Waals surface area (Å²) in [7, 11) is 0. The zero-order valence-corrected chi connectivity index (χ0v) is 9.74. The normalized spacial score (nSPS) is 15.2. The number of amides is 1. The van der Waals surface area contributed by atoms with Crippen LogP contribution in [0.5, 0.6) is 0 Å². The molecule has 0 bridgehead atoms. The Labute approximate surface area is 96.2 Å². The van der Waals surface area contributed by atoms with Gasteiger partial charge in [-0.3, -0.25) is 4.79 Å². The Kier molecular flexibility index (Phi) is 2.62. The van der Waals surface area contributed by atoms with Crippen molar-refractivity contribution in [1.29, 1.82) is 0 Å². The maximum Gasteiger partial charge on any atom is 0.227 e. The van der Waals surface area contributed by atoms with Crippen LogP contribution in [0.3, 0.4) is 0 Å². The lowest BCUT2D eigenvalue weighted by molar-refractivity contribution is -0.117. The first-order chi connectivity index (χ1) is 6.65. The van der Waals surface area contributed by atoms with Crippen molar-refractivity contribution in [2.75, 3.05) is 11.1 Å². The fraction of sp³-hybridized carbons (Fsp3) is 0.300. The summed E-state index contributed by atoms with van der Waals surface area (Å²) in [4.78, 5) is 11.4. The van der Waals surface area contributed by atoms with Crippen LogP contribution in [0.1, 0.15) is 12.8 Å². The molecule has 1 saturated carbocycles. The molecule has 0 spiro atoms. The molecule has 0 aliphatic heterocycles. The molecule has 2 rings (SSSR count). The minimum atomic E-state index is 0.117. The van der Waals surface area contributed by atoms with E-state index in [0.29, 0.717) is 5.69 Å². The van der Waals surface area contributed by atoms with E-state index in [1.807, 2.05) is 12.1 Å². The Morgan fingerprint density at radius 3 is 2.71 bits per heavy atom. The number of carbonyl (C=O) groups excluding carboxylic acids is 1. The van der Waals surface area contributed by atoms with E-state index < -0.39 is 0 Å². The van der Waals surface area contributed by atoms with Crippen LogP contribution in [0.25, 0.3) is 0 Å². The van der Waals surface area contributed by atoms with Gasteiger partial charge < -0.3 is 11.1 Å². The number of hydrogen-bond donors (Lipinski definition) is 2. The van der Waals surface area contributed by atoms with Crippen molar-refractivity contribution in [3.8, 4) is 0 Å². The fourth-order valence-corrected chi connectivity index (χ4v) is 1.97. The monoisotopic (exact) mass is 302 g/mol. The Bertz CT molecular complexity index is 354. The van der Waals surface area contributed by atoms with E-state index in [1.165, 1.54) is 0 Å². The van der Waals surface area contributed by atoms with Gasteiger partial charge in [-0.1, -0.05) is 0 Å². The van der Waals surface area contributed by atoms with Gasteiger partial charge in [0.15, 0.2) is 0 Å². The first-order valence-electron chi connectivity index (χ1n) is 4.52. The summed E-state index contributed by atoms with van der Waals surface area (Å²) in [6.45, 7) is 0. The zero-order valence-electron chi connectivity index (χ0n) is 7.59. The number of carbonyl (C=O) groups is 1. The van der Waals surface area contributed by atoms with Crippen LogP contribution in [0.15, 0.2) is 18.2 Å². The van der Waals surface area contributed by atoms with E-state index in [4.69, 9.17) is 5.73 Å². The molecule has 14 heavy (non-hydrogen) atoms. The van der Waals surface area contributed by atoms with Crippen LogP contribution in [-0.2, 0) is 4.79 Å². The van der Waals surface area contributed by atoms with Crippen molar-refractivity contribution in [2.45, 2.75) is 12.8 Å². The van der Waals surface area contributed by atoms with Gasteiger partial charge in [0.25, 0.3) is 0 Å². The number of nitrogens with one attached hydrogen (secondary N) is 1. The Balaban J connectivity index is 2.11. The standard InChI is InChI=1S/C10H11IN2O/c11-7-3-8(12)5-9(4-7)13-10(14)6-1-2-6/h3-6H,1-2,12H2,(H,13,14). The van der Waals surface area contributed by atoms with Gasteiger partial charge in [-0.15, -0.1) is 0 Å². The van der Waals surface area contributed by atoms with Crippen molar-refractivity contribution in [3.05, 3.63) is 21.8 Å². The van der Waals surface area contributed by atoms with E-state index in [0.717, 1.165) is 22.1 Å². The van der Waals surface area contributed by atoms with Crippen molar-refractivity contribution >= 4 is 39.9 Å². The molecule has 1 fully saturated rings. The van der Waals surface area contributed by atoms with E-state index in [9.17, 15) is 4.79 Å². The summed E-state index contributed by atoms with van der Waals surface area (Å²) in [5, 5.41) is 2.86. The summed E-state index contributed by atoms with van der Waals surface area (Å²) in [6, 6.07) is 5.56. The quantitative estimate of drug-likeness (QED) is 0.650. The SMILES string of the molecule is Nc1cc(I)cc(NC(=O)C2CC2)c1. The summed E-state index contributed by atoms with van der Waals surface area (Å²) in [5.41, 5.74) is 7.15. The molecule has 1 aliphatic rings. The van der Waals surface area contributed by atoms with Crippen molar-refractivity contribution in [1.82, 2.24) is 0 Å². The highest BCUT2D eigenvalue weighted by atomic mass is 127. The van der Waals surface area contributed by atoms with Crippen molar-refractivity contribution in [3.63, 3.8) is 0 Å². The molecule has 0 aromatic heterocycles. The molecule has 0 heterocycles. The van der Waals surface area contributed by atoms with Gasteiger partial charge in [-0.25, -0.2) is 0 Å². The van der Waals surface area contributed by atoms with Crippen LogP contribution < -0.4 is 11.1 Å². The van der Waals surface area contributed by atoms with Gasteiger partial charge >= 0.3 is 0 Å². The molecule has 0 atom stereocenters. The Morgan fingerprint density at radius 2 is 2.14 bits per heavy atom. The fourth-order valence-electron chi connectivity index (χ4n) is 1.27. The van der Waals surface area contributed by atoms with Crippen molar-refractivity contribution < 1.29 is 4.79 Å². The molecule has 4 heteroatoms. The topological polar surface area (TPSA) is 55.1 Å². The third kappa shape index (κ3) is 2.37. The molecule has 3 nitrogen and oxygen atoms in total. The maximum atomic E-state index is 11.4. The summed E-state index contributed by atoms with van der Waals surface area (Å²) < 4.78 is 1.04. The van der Waals surface area contributed by atoms with Gasteiger partial charge in [0.2, 0.25) is 5.91 Å². The molecule has 1 amide bonds. The molecule has 0 radical (unpaired) electrons. The van der Waals surface area contributed by atoms with E-state index in [2.05, 4.69) is 27.9 Å². The van der Waals surface area contributed by atoms with Crippen LogP contribution >= 0.6 is 22.6 Å². The first-order valence-corrected chi connectivity index (χ1v) is 5.60. The van der Waals surface area contributed by atoms with Crippen LogP contribution in [-0.4, -0.2) is 5.91 Å². The van der Waals surface area contributed by atoms with Crippen LogP contribution in [0.2, 0.25) is 0 Å². The Hall–Kier alpha value is -0.780. The average Bonchev–Trinajstić information content (AvgIpc) is 2.82. The number of rotatable bonds is 2. The molecular weight excluding hydrogens is 291 g/mol. The van der Waals surface area contributed by atoms with E-state index in [1.54, 1.807) is 6.07 Å². The molecule has 3 N–H and O–H groups in total. The second kappa shape index (κ2) is 3.76. The lowest BCUT2D eigenvalue weighted by atomic mass is 10.2. The number of nitrogens with two attached hydrogens (primary N) is 1. The van der Waals surface area contributed by atoms with E-state index >= 15 is 0 Å². The minimum Gasteiger partial charge on any atom is -0.399 e. The highest BCUT2D eigenvalue weighted by Crippen LogP contribution is 2.30. The van der Waals surface area contributed by atoms with Crippen LogP contribution in [0.4, 0.5) is 11.4 Å². The molecule has 0 unspecified atom stereocenters. The molecule has 1 aromatic rings. The van der Waals surface area contributed by atoms with Gasteiger partial charge in [-0.2, -0.15) is 0 Å². The lowest BCUT2D eigenvalue weighted by Crippen LogP contribution is -2.13. The van der Waals surface area contributed by atoms with Gasteiger partial charge in [0, 0.05) is 20.9 Å². The van der Waals surface area contributed by atoms with Crippen molar-refractivity contribution in [2.24, 2.45) is 5.92 Å². The maximum absolute atomic E-state index is 11.4. The number of hydrogen-bond acceptors (Lipinski definition) is 2. The summed E-state index contributed by atoms with van der Waals surface area (Å²) >= 11 is 2.18. The first kappa shape index (κ1) is 9.76. The highest BCUT2D eigenvalue weighted by Gasteiger charge is 2.29. The zero-order chi connectivity index (χ0) is 10.1. The molecular formula is C10H11IN2O. The Morgan fingerprint density at radius 1 is 1.43 bits per heavy atom. The number of halogens is 1.